The number of hydrogen-bond acceptors (Lipinski definition) is 3. The maximum Gasteiger partial charge on any atom is 0.243 e. The average Bonchev–Trinajstić information content (AvgIpc) is 2.43. The van der Waals surface area contributed by atoms with E-state index in [1.54, 1.807) is 12.1 Å². The zero-order valence-electron chi connectivity index (χ0n) is 10.8. The highest BCUT2D eigenvalue weighted by molar-refractivity contribution is 6.01. The van der Waals surface area contributed by atoms with Crippen LogP contribution in [-0.4, -0.2) is 12.5 Å². The van der Waals surface area contributed by atoms with Crippen molar-refractivity contribution in [1.29, 1.82) is 0 Å². The van der Waals surface area contributed by atoms with E-state index in [0.29, 0.717) is 6.54 Å². The summed E-state index contributed by atoms with van der Waals surface area (Å²) in [6.45, 7) is 0.713. The number of rotatable bonds is 2. The monoisotopic (exact) mass is 271 g/mol. The van der Waals surface area contributed by atoms with Crippen LogP contribution in [0.5, 0.6) is 0 Å². The van der Waals surface area contributed by atoms with E-state index in [-0.39, 0.29) is 18.1 Å². The van der Waals surface area contributed by atoms with Gasteiger partial charge in [0, 0.05) is 6.54 Å². The Bertz CT molecular complexity index is 672. The van der Waals surface area contributed by atoms with Gasteiger partial charge in [0.1, 0.15) is 5.82 Å². The van der Waals surface area contributed by atoms with Gasteiger partial charge in [-0.1, -0.05) is 18.2 Å². The molecule has 2 aromatic rings. The molecule has 0 saturated carbocycles. The van der Waals surface area contributed by atoms with Gasteiger partial charge >= 0.3 is 0 Å². The van der Waals surface area contributed by atoms with Crippen molar-refractivity contribution in [3.63, 3.8) is 0 Å². The Morgan fingerprint density at radius 3 is 2.85 bits per heavy atom. The van der Waals surface area contributed by atoms with E-state index in [4.69, 9.17) is 5.73 Å². The van der Waals surface area contributed by atoms with Crippen LogP contribution in [0.2, 0.25) is 0 Å². The van der Waals surface area contributed by atoms with E-state index < -0.39 is 5.82 Å². The molecule has 5 heteroatoms. The molecule has 4 nitrogen and oxygen atoms in total. The third-order valence-corrected chi connectivity index (χ3v) is 3.29. The van der Waals surface area contributed by atoms with Crippen LogP contribution in [0.3, 0.4) is 0 Å². The standard InChI is InChI=1S/C15H14FN3O/c16-11-7-10(5-6-12(11)17)8-19-9-15(20)18-13-3-1-2-4-14(13)19/h1-7H,8-9,17H2,(H,18,20). The van der Waals surface area contributed by atoms with Gasteiger partial charge in [0.25, 0.3) is 0 Å². The van der Waals surface area contributed by atoms with Gasteiger partial charge in [-0.3, -0.25) is 4.79 Å². The number of fused-ring (bicyclic) bond motifs is 1. The molecule has 0 atom stereocenters. The number of halogens is 1. The van der Waals surface area contributed by atoms with Crippen LogP contribution in [0.25, 0.3) is 0 Å². The highest BCUT2D eigenvalue weighted by Gasteiger charge is 2.21. The molecule has 0 spiro atoms. The zero-order chi connectivity index (χ0) is 14.1. The number of carbonyl (C=O) groups excluding carboxylic acids is 1. The first kappa shape index (κ1) is 12.5. The van der Waals surface area contributed by atoms with Gasteiger partial charge in [0.15, 0.2) is 0 Å². The largest absolute Gasteiger partial charge is 0.396 e. The van der Waals surface area contributed by atoms with Crippen molar-refractivity contribution in [2.45, 2.75) is 6.54 Å². The number of hydrogen-bond donors (Lipinski definition) is 2. The summed E-state index contributed by atoms with van der Waals surface area (Å²) in [7, 11) is 0. The van der Waals surface area contributed by atoms with Crippen molar-refractivity contribution in [1.82, 2.24) is 0 Å². The minimum Gasteiger partial charge on any atom is -0.396 e. The molecule has 1 amide bonds. The molecule has 0 bridgehead atoms. The first-order chi connectivity index (χ1) is 9.63. The van der Waals surface area contributed by atoms with Crippen LogP contribution >= 0.6 is 0 Å². The van der Waals surface area contributed by atoms with Gasteiger partial charge in [-0.05, 0) is 29.8 Å². The second-order valence-corrected chi connectivity index (χ2v) is 4.78. The fraction of sp³-hybridized carbons (Fsp3) is 0.133. The topological polar surface area (TPSA) is 58.4 Å². The second-order valence-electron chi connectivity index (χ2n) is 4.78. The van der Waals surface area contributed by atoms with E-state index >= 15 is 0 Å². The quantitative estimate of drug-likeness (QED) is 0.824. The molecule has 0 aliphatic carbocycles. The van der Waals surface area contributed by atoms with Crippen molar-refractivity contribution in [3.05, 3.63) is 53.8 Å². The minimum atomic E-state index is -0.433. The number of benzene rings is 2. The fourth-order valence-corrected chi connectivity index (χ4v) is 2.33. The van der Waals surface area contributed by atoms with Crippen LogP contribution < -0.4 is 16.0 Å². The summed E-state index contributed by atoms with van der Waals surface area (Å²) in [6, 6.07) is 12.3. The molecule has 0 radical (unpaired) electrons. The van der Waals surface area contributed by atoms with Gasteiger partial charge in [0.05, 0.1) is 23.6 Å². The van der Waals surface area contributed by atoms with Crippen molar-refractivity contribution < 1.29 is 9.18 Å². The average molecular weight is 271 g/mol. The predicted molar refractivity (Wildman–Crippen MR) is 76.9 cm³/mol. The Balaban J connectivity index is 1.90. The smallest absolute Gasteiger partial charge is 0.243 e. The summed E-state index contributed by atoms with van der Waals surface area (Å²) < 4.78 is 13.5. The van der Waals surface area contributed by atoms with Crippen molar-refractivity contribution in [2.24, 2.45) is 0 Å². The molecule has 0 unspecified atom stereocenters. The summed E-state index contributed by atoms with van der Waals surface area (Å²) in [5.74, 6) is -0.503. The Hall–Kier alpha value is -2.56. The number of nitrogen functional groups attached to an aromatic ring is 1. The lowest BCUT2D eigenvalue weighted by Gasteiger charge is -2.30. The summed E-state index contributed by atoms with van der Waals surface area (Å²) in [6.07, 6.45) is 0. The Kier molecular flexibility index (Phi) is 3.02. The molecule has 3 rings (SSSR count). The van der Waals surface area contributed by atoms with Gasteiger partial charge in [-0.15, -0.1) is 0 Å². The normalized spacial score (nSPS) is 13.8. The number of amides is 1. The third-order valence-electron chi connectivity index (χ3n) is 3.29. The Morgan fingerprint density at radius 2 is 2.05 bits per heavy atom. The van der Waals surface area contributed by atoms with Crippen molar-refractivity contribution in [2.75, 3.05) is 22.5 Å². The lowest BCUT2D eigenvalue weighted by atomic mass is 10.1. The molecular weight excluding hydrogens is 257 g/mol. The summed E-state index contributed by atoms with van der Waals surface area (Å²) >= 11 is 0. The Labute approximate surface area is 116 Å². The molecule has 1 aliphatic rings. The van der Waals surface area contributed by atoms with Crippen molar-refractivity contribution in [3.8, 4) is 0 Å². The SMILES string of the molecule is Nc1ccc(CN2CC(=O)Nc3ccccc32)cc1F. The second kappa shape index (κ2) is 4.85. The summed E-state index contributed by atoms with van der Waals surface area (Å²) in [5, 5.41) is 2.82. The number of nitrogens with two attached hydrogens (primary N) is 1. The van der Waals surface area contributed by atoms with E-state index in [1.165, 1.54) is 6.07 Å². The van der Waals surface area contributed by atoms with Gasteiger partial charge in [-0.25, -0.2) is 4.39 Å². The van der Waals surface area contributed by atoms with Crippen LogP contribution in [0.4, 0.5) is 21.5 Å². The minimum absolute atomic E-state index is 0.0698. The molecule has 1 heterocycles. The molecule has 0 saturated heterocycles. The summed E-state index contributed by atoms with van der Waals surface area (Å²) in [4.78, 5) is 13.6. The number of carbonyl (C=O) groups is 1. The van der Waals surface area contributed by atoms with Crippen LogP contribution in [0, 0.1) is 5.82 Å². The molecular formula is C15H14FN3O. The maximum atomic E-state index is 13.5. The van der Waals surface area contributed by atoms with E-state index in [0.717, 1.165) is 16.9 Å². The molecule has 2 aromatic carbocycles. The molecule has 20 heavy (non-hydrogen) atoms. The molecule has 1 aliphatic heterocycles. The van der Waals surface area contributed by atoms with E-state index in [1.807, 2.05) is 29.2 Å². The lowest BCUT2D eigenvalue weighted by Crippen LogP contribution is -2.37. The van der Waals surface area contributed by atoms with Gasteiger partial charge in [0.2, 0.25) is 5.91 Å². The maximum absolute atomic E-state index is 13.5. The molecule has 0 aromatic heterocycles. The van der Waals surface area contributed by atoms with Gasteiger partial charge < -0.3 is 16.0 Å². The third kappa shape index (κ3) is 2.30. The summed E-state index contributed by atoms with van der Waals surface area (Å²) in [5.41, 5.74) is 8.09. The number of para-hydroxylation sites is 2. The molecule has 102 valence electrons. The van der Waals surface area contributed by atoms with Crippen molar-refractivity contribution >= 4 is 23.0 Å². The van der Waals surface area contributed by atoms with E-state index in [9.17, 15) is 9.18 Å². The highest BCUT2D eigenvalue weighted by Crippen LogP contribution is 2.30. The Morgan fingerprint density at radius 1 is 1.25 bits per heavy atom. The fourth-order valence-electron chi connectivity index (χ4n) is 2.33. The first-order valence-electron chi connectivity index (χ1n) is 6.31. The number of nitrogens with one attached hydrogen (secondary N) is 1. The number of nitrogens with zero attached hydrogens (tertiary/aromatic N) is 1. The van der Waals surface area contributed by atoms with Crippen LogP contribution in [0.15, 0.2) is 42.5 Å². The predicted octanol–water partition coefficient (Wildman–Crippen LogP) is 2.37. The van der Waals surface area contributed by atoms with Gasteiger partial charge in [-0.2, -0.15) is 0 Å². The van der Waals surface area contributed by atoms with Crippen LogP contribution in [-0.2, 0) is 11.3 Å². The molecule has 0 fully saturated rings. The highest BCUT2D eigenvalue weighted by atomic mass is 19.1. The first-order valence-corrected chi connectivity index (χ1v) is 6.31. The zero-order valence-corrected chi connectivity index (χ0v) is 10.8. The van der Waals surface area contributed by atoms with E-state index in [2.05, 4.69) is 5.32 Å². The molecule has 3 N–H and O–H groups in total. The van der Waals surface area contributed by atoms with Crippen LogP contribution in [0.1, 0.15) is 5.56 Å². The number of anilines is 3. The lowest BCUT2D eigenvalue weighted by molar-refractivity contribution is -0.115.